The zero-order chi connectivity index (χ0) is 24.9. The maximum atomic E-state index is 12.6. The summed E-state index contributed by atoms with van der Waals surface area (Å²) in [6, 6.07) is 13.1. The Kier molecular flexibility index (Phi) is 7.54. The Bertz CT molecular complexity index is 1060. The van der Waals surface area contributed by atoms with E-state index in [2.05, 4.69) is 0 Å². The molecule has 0 aromatic heterocycles. The molecule has 0 spiro atoms. The Labute approximate surface area is 200 Å². The lowest BCUT2D eigenvalue weighted by Gasteiger charge is -2.45. The molecule has 1 N–H and O–H groups in total. The average molecular weight is 468 g/mol. The lowest BCUT2D eigenvalue weighted by molar-refractivity contribution is 0.0598. The van der Waals surface area contributed by atoms with Gasteiger partial charge in [-0.1, -0.05) is 63.3 Å². The minimum absolute atomic E-state index is 0.312. The monoisotopic (exact) mass is 467 g/mol. The summed E-state index contributed by atoms with van der Waals surface area (Å²) in [5.74, 6) is 0.371. The van der Waals surface area contributed by atoms with Gasteiger partial charge in [0.05, 0.1) is 25.3 Å². The van der Waals surface area contributed by atoms with E-state index in [0.717, 1.165) is 12.0 Å². The van der Waals surface area contributed by atoms with Crippen LogP contribution in [-0.2, 0) is 11.3 Å². The summed E-state index contributed by atoms with van der Waals surface area (Å²) in [4.78, 5) is 26.1. The number of amides is 1. The van der Waals surface area contributed by atoms with E-state index in [1.165, 1.54) is 19.1 Å². The van der Waals surface area contributed by atoms with Gasteiger partial charge in [-0.15, -0.1) is 0 Å². The largest absolute Gasteiger partial charge is 0.493 e. The van der Waals surface area contributed by atoms with Crippen LogP contribution in [0.15, 0.2) is 48.5 Å². The van der Waals surface area contributed by atoms with Crippen molar-refractivity contribution >= 4 is 18.1 Å². The number of likely N-dealkylation sites (tertiary alicyclic amines) is 1. The summed E-state index contributed by atoms with van der Waals surface area (Å²) in [6.07, 6.45) is 4.22. The van der Waals surface area contributed by atoms with E-state index < -0.39 is 17.6 Å². The van der Waals surface area contributed by atoms with E-state index in [0.29, 0.717) is 42.2 Å². The molecule has 34 heavy (non-hydrogen) atoms. The van der Waals surface area contributed by atoms with Crippen LogP contribution in [0.4, 0.5) is 4.79 Å². The smallest absolute Gasteiger partial charge is 0.408 e. The third kappa shape index (κ3) is 5.03. The molecule has 1 fully saturated rings. The Hall–Kier alpha value is -3.48. The van der Waals surface area contributed by atoms with Crippen molar-refractivity contribution in [2.24, 2.45) is 5.41 Å². The van der Waals surface area contributed by atoms with Gasteiger partial charge in [-0.25, -0.2) is 9.59 Å². The molecular formula is C27H33NO6. The Morgan fingerprint density at radius 2 is 1.82 bits per heavy atom. The summed E-state index contributed by atoms with van der Waals surface area (Å²) in [6.45, 7) is 6.89. The average Bonchev–Trinajstić information content (AvgIpc) is 3.27. The highest BCUT2D eigenvalue weighted by Gasteiger charge is 2.50. The van der Waals surface area contributed by atoms with E-state index in [4.69, 9.17) is 14.2 Å². The molecule has 7 heteroatoms. The van der Waals surface area contributed by atoms with Crippen molar-refractivity contribution in [1.29, 1.82) is 0 Å². The van der Waals surface area contributed by atoms with Crippen LogP contribution in [-0.4, -0.2) is 48.4 Å². The van der Waals surface area contributed by atoms with Crippen LogP contribution in [0.25, 0.3) is 6.08 Å². The first-order valence-corrected chi connectivity index (χ1v) is 11.3. The molecule has 1 heterocycles. The Balaban J connectivity index is 2.06. The number of rotatable bonds is 7. The second-order valence-corrected chi connectivity index (χ2v) is 9.40. The van der Waals surface area contributed by atoms with E-state index in [1.807, 2.05) is 57.2 Å². The summed E-state index contributed by atoms with van der Waals surface area (Å²) < 4.78 is 16.5. The van der Waals surface area contributed by atoms with Crippen LogP contribution in [0.1, 0.15) is 55.1 Å². The van der Waals surface area contributed by atoms with Crippen molar-refractivity contribution in [3.05, 3.63) is 65.2 Å². The molecule has 0 saturated carbocycles. The van der Waals surface area contributed by atoms with Crippen molar-refractivity contribution < 1.29 is 28.9 Å². The van der Waals surface area contributed by atoms with E-state index in [-0.39, 0.29) is 5.41 Å². The predicted octanol–water partition coefficient (Wildman–Crippen LogP) is 5.63. The zero-order valence-electron chi connectivity index (χ0n) is 20.5. The Morgan fingerprint density at radius 3 is 2.41 bits per heavy atom. The van der Waals surface area contributed by atoms with Gasteiger partial charge in [0.25, 0.3) is 0 Å². The second kappa shape index (κ2) is 10.2. The molecule has 1 aliphatic heterocycles. The van der Waals surface area contributed by atoms with Gasteiger partial charge in [-0.3, -0.25) is 4.90 Å². The number of carboxylic acid groups (broad SMARTS) is 1. The number of carbonyl (C=O) groups excluding carboxylic acids is 1. The van der Waals surface area contributed by atoms with Crippen molar-refractivity contribution in [2.45, 2.75) is 45.8 Å². The molecular weight excluding hydrogens is 434 g/mol. The van der Waals surface area contributed by atoms with Crippen LogP contribution >= 0.6 is 0 Å². The Morgan fingerprint density at radius 1 is 1.12 bits per heavy atom. The number of hydrogen-bond donors (Lipinski definition) is 1. The predicted molar refractivity (Wildman–Crippen MR) is 130 cm³/mol. The summed E-state index contributed by atoms with van der Waals surface area (Å²) in [7, 11) is 2.83. The highest BCUT2D eigenvalue weighted by atomic mass is 16.5. The molecule has 1 unspecified atom stereocenters. The van der Waals surface area contributed by atoms with Gasteiger partial charge >= 0.3 is 12.1 Å². The van der Waals surface area contributed by atoms with E-state index >= 15 is 0 Å². The number of carbonyl (C=O) groups is 2. The molecule has 0 radical (unpaired) electrons. The molecule has 1 atom stereocenters. The fraction of sp³-hybridized carbons (Fsp3) is 0.407. The summed E-state index contributed by atoms with van der Waals surface area (Å²) in [5.41, 5.74) is 0.803. The van der Waals surface area contributed by atoms with Gasteiger partial charge in [-0.05, 0) is 41.5 Å². The first kappa shape index (κ1) is 25.1. The minimum Gasteiger partial charge on any atom is -0.493 e. The lowest BCUT2D eigenvalue weighted by Crippen LogP contribution is -2.53. The van der Waals surface area contributed by atoms with Crippen molar-refractivity contribution in [1.82, 2.24) is 4.90 Å². The highest BCUT2D eigenvalue weighted by molar-refractivity contribution is 5.94. The molecule has 1 saturated heterocycles. The molecule has 1 amide bonds. The zero-order valence-corrected chi connectivity index (χ0v) is 20.5. The van der Waals surface area contributed by atoms with Crippen LogP contribution in [0.5, 0.6) is 11.5 Å². The maximum Gasteiger partial charge on any atom is 0.408 e. The van der Waals surface area contributed by atoms with Crippen LogP contribution in [0.3, 0.4) is 0 Å². The van der Waals surface area contributed by atoms with Gasteiger partial charge in [0.1, 0.15) is 6.61 Å². The summed E-state index contributed by atoms with van der Waals surface area (Å²) in [5, 5.41) is 9.86. The molecule has 182 valence electrons. The number of benzene rings is 2. The van der Waals surface area contributed by atoms with E-state index in [9.17, 15) is 14.7 Å². The van der Waals surface area contributed by atoms with Gasteiger partial charge < -0.3 is 19.3 Å². The van der Waals surface area contributed by atoms with Crippen LogP contribution < -0.4 is 9.47 Å². The second-order valence-electron chi connectivity index (χ2n) is 9.40. The van der Waals surface area contributed by atoms with Crippen molar-refractivity contribution in [2.75, 3.05) is 20.8 Å². The molecule has 0 aliphatic carbocycles. The number of nitrogens with zero attached hydrogens (tertiary/aromatic N) is 1. The van der Waals surface area contributed by atoms with Gasteiger partial charge in [-0.2, -0.15) is 0 Å². The minimum atomic E-state index is -0.952. The summed E-state index contributed by atoms with van der Waals surface area (Å²) >= 11 is 0. The third-order valence-corrected chi connectivity index (χ3v) is 6.47. The maximum absolute atomic E-state index is 12.6. The van der Waals surface area contributed by atoms with Crippen LogP contribution in [0.2, 0.25) is 0 Å². The van der Waals surface area contributed by atoms with Gasteiger partial charge in [0.2, 0.25) is 0 Å². The van der Waals surface area contributed by atoms with Crippen molar-refractivity contribution in [3.63, 3.8) is 0 Å². The number of esters is 1. The van der Waals surface area contributed by atoms with Crippen molar-refractivity contribution in [3.8, 4) is 11.5 Å². The van der Waals surface area contributed by atoms with E-state index in [1.54, 1.807) is 18.2 Å². The lowest BCUT2D eigenvalue weighted by atomic mass is 9.71. The number of ether oxygens (including phenoxy) is 3. The topological polar surface area (TPSA) is 85.3 Å². The van der Waals surface area contributed by atoms with Crippen LogP contribution in [0, 0.1) is 5.41 Å². The molecule has 1 aliphatic rings. The third-order valence-electron chi connectivity index (χ3n) is 6.47. The fourth-order valence-corrected chi connectivity index (χ4v) is 4.55. The quantitative estimate of drug-likeness (QED) is 0.531. The highest BCUT2D eigenvalue weighted by Crippen LogP contribution is 2.45. The molecule has 7 nitrogen and oxygen atoms in total. The van der Waals surface area contributed by atoms with Gasteiger partial charge in [0, 0.05) is 6.54 Å². The van der Waals surface area contributed by atoms with Gasteiger partial charge in [0.15, 0.2) is 11.5 Å². The SMILES string of the molecule is COC(=O)c1cc(OC)c(OCc2ccccc2)cc1C=CC1(C(C)(C)C)CCCN1C(=O)O. The molecule has 3 rings (SSSR count). The number of methoxy groups -OCH3 is 2. The standard InChI is InChI=1S/C27H33NO6/c1-26(2,3)27(13-9-15-28(27)25(30)31)14-12-20-16-23(34-18-19-10-7-6-8-11-19)22(32-4)17-21(20)24(29)33-5/h6-8,10-12,14,16-17H,9,13,15,18H2,1-5H3,(H,30,31). The molecule has 2 aromatic rings. The first-order chi connectivity index (χ1) is 16.1. The first-order valence-electron chi connectivity index (χ1n) is 11.3. The number of hydrogen-bond acceptors (Lipinski definition) is 5. The normalized spacial score (nSPS) is 18.2. The molecule has 0 bridgehead atoms. The fourth-order valence-electron chi connectivity index (χ4n) is 4.55. The molecule has 2 aromatic carbocycles.